The van der Waals surface area contributed by atoms with Crippen molar-refractivity contribution in [2.75, 3.05) is 19.6 Å². The summed E-state index contributed by atoms with van der Waals surface area (Å²) in [5.74, 6) is 1.64. The van der Waals surface area contributed by atoms with Crippen LogP contribution in [0.1, 0.15) is 24.5 Å². The molecule has 1 N–H and O–H groups in total. The summed E-state index contributed by atoms with van der Waals surface area (Å²) in [4.78, 5) is 14.4. The average molecular weight is 338 g/mol. The summed E-state index contributed by atoms with van der Waals surface area (Å²) in [6, 6.07) is 17.9. The van der Waals surface area contributed by atoms with Crippen LogP contribution >= 0.6 is 0 Å². The molecule has 1 aliphatic rings. The van der Waals surface area contributed by atoms with E-state index in [1.807, 2.05) is 54.6 Å². The zero-order chi connectivity index (χ0) is 17.5. The lowest BCUT2D eigenvalue weighted by molar-refractivity contribution is -0.122. The van der Waals surface area contributed by atoms with Gasteiger partial charge in [0, 0.05) is 13.1 Å². The van der Waals surface area contributed by atoms with Gasteiger partial charge in [0.15, 0.2) is 0 Å². The third-order valence-corrected chi connectivity index (χ3v) is 4.61. The molecule has 0 saturated carbocycles. The second kappa shape index (κ2) is 8.67. The van der Waals surface area contributed by atoms with Gasteiger partial charge in [-0.3, -0.25) is 9.69 Å². The number of carbonyl (C=O) groups is 1. The lowest BCUT2D eigenvalue weighted by atomic mass is 10.1. The van der Waals surface area contributed by atoms with E-state index >= 15 is 0 Å². The largest absolute Gasteiger partial charge is 0.489 e. The molecule has 1 atom stereocenters. The molecule has 1 fully saturated rings. The summed E-state index contributed by atoms with van der Waals surface area (Å²) in [7, 11) is 0. The molecule has 0 spiro atoms. The van der Waals surface area contributed by atoms with E-state index in [2.05, 4.69) is 17.1 Å². The zero-order valence-electron chi connectivity index (χ0n) is 14.8. The van der Waals surface area contributed by atoms with Crippen LogP contribution < -0.4 is 10.1 Å². The van der Waals surface area contributed by atoms with E-state index in [9.17, 15) is 4.79 Å². The molecule has 2 aromatic rings. The highest BCUT2D eigenvalue weighted by Crippen LogP contribution is 2.16. The smallest absolute Gasteiger partial charge is 0.234 e. The normalized spacial score (nSPS) is 17.4. The van der Waals surface area contributed by atoms with E-state index in [0.717, 1.165) is 30.0 Å². The van der Waals surface area contributed by atoms with Gasteiger partial charge in [-0.05, 0) is 42.1 Å². The molecule has 0 aliphatic carbocycles. The number of nitrogens with zero attached hydrogens (tertiary/aromatic N) is 1. The molecular formula is C21H26N2O2. The standard InChI is InChI=1S/C21H26N2O2/c1-17-11-12-23(14-17)15-21(24)22-13-18-7-5-6-8-19(18)16-25-20-9-3-2-4-10-20/h2-10,17H,11-16H2,1H3,(H,22,24). The van der Waals surface area contributed by atoms with Crippen LogP contribution in [0.5, 0.6) is 5.75 Å². The molecule has 0 aromatic heterocycles. The Balaban J connectivity index is 1.51. The molecule has 1 heterocycles. The second-order valence-electron chi connectivity index (χ2n) is 6.78. The van der Waals surface area contributed by atoms with Crippen LogP contribution in [0.15, 0.2) is 54.6 Å². The summed E-state index contributed by atoms with van der Waals surface area (Å²) in [6.07, 6.45) is 1.19. The Kier molecular flexibility index (Phi) is 6.07. The summed E-state index contributed by atoms with van der Waals surface area (Å²) in [6.45, 7) is 5.81. The number of ether oxygens (including phenoxy) is 1. The summed E-state index contributed by atoms with van der Waals surface area (Å²) in [5, 5.41) is 3.04. The van der Waals surface area contributed by atoms with Crippen molar-refractivity contribution in [2.24, 2.45) is 5.92 Å². The van der Waals surface area contributed by atoms with E-state index in [-0.39, 0.29) is 5.91 Å². The Morgan fingerprint density at radius 3 is 2.56 bits per heavy atom. The van der Waals surface area contributed by atoms with Crippen LogP contribution in [0.3, 0.4) is 0 Å². The second-order valence-corrected chi connectivity index (χ2v) is 6.78. The highest BCUT2D eigenvalue weighted by molar-refractivity contribution is 5.78. The highest BCUT2D eigenvalue weighted by atomic mass is 16.5. The van der Waals surface area contributed by atoms with E-state index in [4.69, 9.17) is 4.74 Å². The van der Waals surface area contributed by atoms with Crippen LogP contribution in [0.25, 0.3) is 0 Å². The minimum atomic E-state index is 0.0906. The van der Waals surface area contributed by atoms with Gasteiger partial charge in [-0.25, -0.2) is 0 Å². The number of nitrogens with one attached hydrogen (secondary N) is 1. The van der Waals surface area contributed by atoms with E-state index in [0.29, 0.717) is 25.6 Å². The van der Waals surface area contributed by atoms with Gasteiger partial charge >= 0.3 is 0 Å². The fourth-order valence-corrected chi connectivity index (χ4v) is 3.17. The first kappa shape index (κ1) is 17.5. The number of amides is 1. The quantitative estimate of drug-likeness (QED) is 0.843. The Labute approximate surface area is 149 Å². The first-order valence-electron chi connectivity index (χ1n) is 8.94. The lowest BCUT2D eigenvalue weighted by Gasteiger charge is -2.16. The van der Waals surface area contributed by atoms with Crippen molar-refractivity contribution in [3.8, 4) is 5.75 Å². The Hall–Kier alpha value is -2.33. The number of benzene rings is 2. The number of rotatable bonds is 7. The average Bonchev–Trinajstić information content (AvgIpc) is 3.04. The molecule has 2 aromatic carbocycles. The van der Waals surface area contributed by atoms with Crippen molar-refractivity contribution in [3.05, 3.63) is 65.7 Å². The predicted octanol–water partition coefficient (Wildman–Crippen LogP) is 3.22. The summed E-state index contributed by atoms with van der Waals surface area (Å²) >= 11 is 0. The van der Waals surface area contributed by atoms with Crippen molar-refractivity contribution in [2.45, 2.75) is 26.5 Å². The van der Waals surface area contributed by atoms with Crippen LogP contribution in [0.4, 0.5) is 0 Å². The molecule has 1 aliphatic heterocycles. The van der Waals surface area contributed by atoms with Gasteiger partial charge < -0.3 is 10.1 Å². The first-order chi connectivity index (χ1) is 12.2. The van der Waals surface area contributed by atoms with Crippen molar-refractivity contribution < 1.29 is 9.53 Å². The van der Waals surface area contributed by atoms with Crippen LogP contribution in [0.2, 0.25) is 0 Å². The third-order valence-electron chi connectivity index (χ3n) is 4.61. The molecule has 4 heteroatoms. The molecule has 0 radical (unpaired) electrons. The minimum absolute atomic E-state index is 0.0906. The first-order valence-corrected chi connectivity index (χ1v) is 8.94. The SMILES string of the molecule is CC1CCN(CC(=O)NCc2ccccc2COc2ccccc2)C1. The van der Waals surface area contributed by atoms with Gasteiger partial charge in [0.1, 0.15) is 12.4 Å². The van der Waals surface area contributed by atoms with Crippen molar-refractivity contribution in [3.63, 3.8) is 0 Å². The van der Waals surface area contributed by atoms with Crippen molar-refractivity contribution in [1.29, 1.82) is 0 Å². The maximum absolute atomic E-state index is 12.2. The molecule has 25 heavy (non-hydrogen) atoms. The Bertz CT molecular complexity index is 687. The van der Waals surface area contributed by atoms with Gasteiger partial charge in [-0.1, -0.05) is 49.4 Å². The molecule has 1 amide bonds. The van der Waals surface area contributed by atoms with Gasteiger partial charge in [-0.15, -0.1) is 0 Å². The number of hydrogen-bond donors (Lipinski definition) is 1. The monoisotopic (exact) mass is 338 g/mol. The lowest BCUT2D eigenvalue weighted by Crippen LogP contribution is -2.35. The number of hydrogen-bond acceptors (Lipinski definition) is 3. The topological polar surface area (TPSA) is 41.6 Å². The fraction of sp³-hybridized carbons (Fsp3) is 0.381. The molecular weight excluding hydrogens is 312 g/mol. The molecule has 0 bridgehead atoms. The van der Waals surface area contributed by atoms with E-state index in [1.54, 1.807) is 0 Å². The van der Waals surface area contributed by atoms with Gasteiger partial charge in [0.25, 0.3) is 0 Å². The van der Waals surface area contributed by atoms with Crippen molar-refractivity contribution >= 4 is 5.91 Å². The summed E-state index contributed by atoms with van der Waals surface area (Å²) < 4.78 is 5.84. The third kappa shape index (κ3) is 5.33. The van der Waals surface area contributed by atoms with Gasteiger partial charge in [-0.2, -0.15) is 0 Å². The van der Waals surface area contributed by atoms with Crippen molar-refractivity contribution in [1.82, 2.24) is 10.2 Å². The maximum Gasteiger partial charge on any atom is 0.234 e. The number of carbonyl (C=O) groups excluding carboxylic acids is 1. The van der Waals surface area contributed by atoms with E-state index < -0.39 is 0 Å². The molecule has 132 valence electrons. The van der Waals surface area contributed by atoms with Crippen LogP contribution in [-0.4, -0.2) is 30.4 Å². The fourth-order valence-electron chi connectivity index (χ4n) is 3.17. The highest BCUT2D eigenvalue weighted by Gasteiger charge is 2.20. The number of para-hydroxylation sites is 1. The Morgan fingerprint density at radius 1 is 1.12 bits per heavy atom. The van der Waals surface area contributed by atoms with E-state index in [1.165, 1.54) is 6.42 Å². The predicted molar refractivity (Wildman–Crippen MR) is 99.3 cm³/mol. The molecule has 1 unspecified atom stereocenters. The maximum atomic E-state index is 12.2. The molecule has 4 nitrogen and oxygen atoms in total. The minimum Gasteiger partial charge on any atom is -0.489 e. The molecule has 3 rings (SSSR count). The van der Waals surface area contributed by atoms with Crippen LogP contribution in [-0.2, 0) is 17.9 Å². The zero-order valence-corrected chi connectivity index (χ0v) is 14.8. The van der Waals surface area contributed by atoms with Gasteiger partial charge in [0.2, 0.25) is 5.91 Å². The Morgan fingerprint density at radius 2 is 1.84 bits per heavy atom. The molecule has 1 saturated heterocycles. The number of likely N-dealkylation sites (tertiary alicyclic amines) is 1. The summed E-state index contributed by atoms with van der Waals surface area (Å²) in [5.41, 5.74) is 2.20. The van der Waals surface area contributed by atoms with Gasteiger partial charge in [0.05, 0.1) is 6.54 Å². The van der Waals surface area contributed by atoms with Crippen LogP contribution in [0, 0.1) is 5.92 Å².